The van der Waals surface area contributed by atoms with Crippen LogP contribution in [0.2, 0.25) is 0 Å². The number of aryl methyl sites for hydroxylation is 1. The molecule has 4 amide bonds. The van der Waals surface area contributed by atoms with Gasteiger partial charge in [-0.25, -0.2) is 0 Å². The summed E-state index contributed by atoms with van der Waals surface area (Å²) in [7, 11) is 0. The van der Waals surface area contributed by atoms with E-state index in [1.165, 1.54) is 16.7 Å². The molecule has 3 aliphatic rings. The standard InChI is InChI=1S/C43H51F3N4O4S/c1-29-12-8-9-18-37(29)49-24-11-10-17-35(41(49)53)47-39(51)32(26-30-13-4-2-5-14-30)19-20-33(27-31-15-6-3-7-16-31)40(52)48-36-23-25-55-38-22-21-34(43(44,45)46)28-50(38)42(36)54/h2-9,12-16,18,32-36,38H,10-11,17,19-28H2,1H3,(H,47,51)(H,48,52)/t32-,33-,34+,35+,36+,38+/m1/s1. The van der Waals surface area contributed by atoms with Gasteiger partial charge in [0, 0.05) is 30.6 Å². The van der Waals surface area contributed by atoms with Gasteiger partial charge in [0.1, 0.15) is 12.1 Å². The van der Waals surface area contributed by atoms with Crippen molar-refractivity contribution in [3.8, 4) is 0 Å². The number of nitrogens with one attached hydrogen (secondary N) is 2. The summed E-state index contributed by atoms with van der Waals surface area (Å²) in [6, 6.07) is 25.3. The molecule has 55 heavy (non-hydrogen) atoms. The Morgan fingerprint density at radius 3 is 1.89 bits per heavy atom. The van der Waals surface area contributed by atoms with E-state index < -0.39 is 48.5 Å². The quantitative estimate of drug-likeness (QED) is 0.202. The molecule has 3 saturated heterocycles. The van der Waals surface area contributed by atoms with Gasteiger partial charge < -0.3 is 20.4 Å². The Kier molecular flexibility index (Phi) is 13.6. The Balaban J connectivity index is 1.19. The maximum Gasteiger partial charge on any atom is 0.393 e. The van der Waals surface area contributed by atoms with E-state index in [1.54, 1.807) is 4.90 Å². The van der Waals surface area contributed by atoms with E-state index in [0.29, 0.717) is 50.8 Å². The molecule has 12 heteroatoms. The summed E-state index contributed by atoms with van der Waals surface area (Å²) in [6.07, 6.45) is -0.270. The molecule has 6 atom stereocenters. The Bertz CT molecular complexity index is 1780. The number of piperidine rings is 1. The van der Waals surface area contributed by atoms with Crippen LogP contribution in [0.15, 0.2) is 84.9 Å². The smallest absolute Gasteiger partial charge is 0.344 e. The minimum absolute atomic E-state index is 0.0152. The molecular formula is C43H51F3N4O4S. The second-order valence-electron chi connectivity index (χ2n) is 15.2. The number of hydrogen-bond acceptors (Lipinski definition) is 5. The molecule has 0 spiro atoms. The lowest BCUT2D eigenvalue weighted by Gasteiger charge is -2.39. The predicted octanol–water partition coefficient (Wildman–Crippen LogP) is 7.24. The monoisotopic (exact) mass is 776 g/mol. The largest absolute Gasteiger partial charge is 0.393 e. The number of benzene rings is 3. The van der Waals surface area contributed by atoms with Crippen LogP contribution in [-0.4, -0.2) is 71.0 Å². The third-order valence-corrected chi connectivity index (χ3v) is 12.6. The van der Waals surface area contributed by atoms with Crippen LogP contribution in [0, 0.1) is 24.7 Å². The number of hydrogen-bond donors (Lipinski definition) is 2. The summed E-state index contributed by atoms with van der Waals surface area (Å²) in [5.41, 5.74) is 3.69. The van der Waals surface area contributed by atoms with Crippen LogP contribution in [-0.2, 0) is 32.0 Å². The molecule has 3 heterocycles. The second-order valence-corrected chi connectivity index (χ2v) is 16.5. The lowest BCUT2D eigenvalue weighted by atomic mass is 9.86. The molecule has 3 aliphatic heterocycles. The maximum atomic E-state index is 14.2. The van der Waals surface area contributed by atoms with Gasteiger partial charge in [0.15, 0.2) is 0 Å². The van der Waals surface area contributed by atoms with Crippen molar-refractivity contribution in [2.45, 2.75) is 94.8 Å². The number of carbonyl (C=O) groups excluding carboxylic acids is 4. The lowest BCUT2D eigenvalue weighted by molar-refractivity contribution is -0.189. The van der Waals surface area contributed by atoms with Crippen molar-refractivity contribution in [1.82, 2.24) is 15.5 Å². The van der Waals surface area contributed by atoms with Gasteiger partial charge in [-0.2, -0.15) is 13.2 Å². The molecule has 3 fully saturated rings. The fourth-order valence-electron chi connectivity index (χ4n) is 8.11. The summed E-state index contributed by atoms with van der Waals surface area (Å²) < 4.78 is 41.1. The van der Waals surface area contributed by atoms with Gasteiger partial charge in [0.2, 0.25) is 23.6 Å². The number of carbonyl (C=O) groups is 4. The molecule has 0 aliphatic carbocycles. The first kappa shape index (κ1) is 40.3. The number of amides is 4. The van der Waals surface area contributed by atoms with Crippen LogP contribution in [0.1, 0.15) is 68.1 Å². The first-order valence-corrected chi connectivity index (χ1v) is 20.6. The van der Waals surface area contributed by atoms with Gasteiger partial charge >= 0.3 is 6.18 Å². The summed E-state index contributed by atoms with van der Waals surface area (Å²) >= 11 is 1.47. The molecule has 0 bridgehead atoms. The number of anilines is 1. The Labute approximate surface area is 326 Å². The Morgan fingerprint density at radius 1 is 0.745 bits per heavy atom. The van der Waals surface area contributed by atoms with E-state index in [9.17, 15) is 32.3 Å². The van der Waals surface area contributed by atoms with Crippen molar-refractivity contribution >= 4 is 41.1 Å². The number of halogens is 3. The number of rotatable bonds is 12. The number of fused-ring (bicyclic) bond motifs is 1. The molecule has 0 aromatic heterocycles. The SMILES string of the molecule is Cc1ccccc1N1CCCC[C@H](NC(=O)[C@H](CC[C@H](Cc2ccccc2)C(=O)N[C@H]2CCS[C@H]3CC[C@H](C(F)(F)F)CN3C2=O)Cc2ccccc2)C1=O. The fourth-order valence-corrected chi connectivity index (χ4v) is 9.42. The highest BCUT2D eigenvalue weighted by Gasteiger charge is 2.47. The van der Waals surface area contributed by atoms with Gasteiger partial charge in [0.05, 0.1) is 11.3 Å². The van der Waals surface area contributed by atoms with E-state index in [4.69, 9.17) is 0 Å². The maximum absolute atomic E-state index is 14.2. The zero-order valence-corrected chi connectivity index (χ0v) is 32.1. The van der Waals surface area contributed by atoms with Crippen molar-refractivity contribution in [2.24, 2.45) is 17.8 Å². The Hall–Kier alpha value is -4.32. The Morgan fingerprint density at radius 2 is 1.31 bits per heavy atom. The minimum Gasteiger partial charge on any atom is -0.344 e. The average Bonchev–Trinajstić information content (AvgIpc) is 3.45. The zero-order chi connectivity index (χ0) is 39.0. The average molecular weight is 777 g/mol. The molecule has 3 aromatic rings. The van der Waals surface area contributed by atoms with Crippen molar-refractivity contribution in [2.75, 3.05) is 23.7 Å². The van der Waals surface area contributed by atoms with E-state index in [1.807, 2.05) is 91.9 Å². The molecule has 0 unspecified atom stereocenters. The topological polar surface area (TPSA) is 98.8 Å². The molecule has 294 valence electrons. The van der Waals surface area contributed by atoms with E-state index in [-0.39, 0.29) is 35.9 Å². The lowest BCUT2D eigenvalue weighted by Crippen LogP contribution is -2.55. The van der Waals surface area contributed by atoms with E-state index in [0.717, 1.165) is 35.2 Å². The van der Waals surface area contributed by atoms with Crippen LogP contribution >= 0.6 is 11.8 Å². The molecule has 0 saturated carbocycles. The summed E-state index contributed by atoms with van der Waals surface area (Å²) in [5.74, 6) is -3.43. The van der Waals surface area contributed by atoms with Crippen LogP contribution in [0.5, 0.6) is 0 Å². The predicted molar refractivity (Wildman–Crippen MR) is 209 cm³/mol. The van der Waals surface area contributed by atoms with Crippen molar-refractivity contribution in [3.05, 3.63) is 102 Å². The highest BCUT2D eigenvalue weighted by molar-refractivity contribution is 7.99. The normalized spacial score (nSPS) is 23.2. The number of para-hydroxylation sites is 1. The van der Waals surface area contributed by atoms with Gasteiger partial charge in [-0.1, -0.05) is 78.9 Å². The molecule has 3 aromatic carbocycles. The zero-order valence-electron chi connectivity index (χ0n) is 31.3. The third kappa shape index (κ3) is 10.5. The number of nitrogens with zero attached hydrogens (tertiary/aromatic N) is 2. The van der Waals surface area contributed by atoms with Gasteiger partial charge in [-0.3, -0.25) is 19.2 Å². The van der Waals surface area contributed by atoms with Crippen LogP contribution in [0.3, 0.4) is 0 Å². The minimum atomic E-state index is -4.39. The first-order valence-electron chi connectivity index (χ1n) is 19.5. The van der Waals surface area contributed by atoms with E-state index >= 15 is 0 Å². The summed E-state index contributed by atoms with van der Waals surface area (Å²) in [5, 5.41) is 5.71. The number of thioether (sulfide) groups is 1. The summed E-state index contributed by atoms with van der Waals surface area (Å²) in [4.78, 5) is 59.2. The van der Waals surface area contributed by atoms with Gasteiger partial charge in [-0.05, 0) is 99.6 Å². The molecule has 2 N–H and O–H groups in total. The fraction of sp³-hybridized carbons (Fsp3) is 0.488. The van der Waals surface area contributed by atoms with Crippen LogP contribution in [0.4, 0.5) is 18.9 Å². The van der Waals surface area contributed by atoms with Gasteiger partial charge in [0.25, 0.3) is 0 Å². The van der Waals surface area contributed by atoms with Gasteiger partial charge in [-0.15, -0.1) is 11.8 Å². The third-order valence-electron chi connectivity index (χ3n) is 11.3. The van der Waals surface area contributed by atoms with Crippen molar-refractivity contribution in [1.29, 1.82) is 0 Å². The molecular weight excluding hydrogens is 726 g/mol. The highest BCUT2D eigenvalue weighted by atomic mass is 32.2. The second kappa shape index (κ2) is 18.5. The highest BCUT2D eigenvalue weighted by Crippen LogP contribution is 2.40. The first-order chi connectivity index (χ1) is 26.5. The summed E-state index contributed by atoms with van der Waals surface area (Å²) in [6.45, 7) is 2.14. The number of alkyl halides is 3. The molecule has 6 rings (SSSR count). The van der Waals surface area contributed by atoms with Crippen LogP contribution in [0.25, 0.3) is 0 Å². The van der Waals surface area contributed by atoms with Crippen molar-refractivity contribution in [3.63, 3.8) is 0 Å². The molecule has 8 nitrogen and oxygen atoms in total. The van der Waals surface area contributed by atoms with Crippen LogP contribution < -0.4 is 15.5 Å². The van der Waals surface area contributed by atoms with E-state index in [2.05, 4.69) is 10.6 Å². The molecule has 0 radical (unpaired) electrons. The van der Waals surface area contributed by atoms with Crippen molar-refractivity contribution < 1.29 is 32.3 Å².